The van der Waals surface area contributed by atoms with Gasteiger partial charge in [0.1, 0.15) is 9.20 Å². The first-order valence-corrected chi connectivity index (χ1v) is 9.73. The summed E-state index contributed by atoms with van der Waals surface area (Å²) < 4.78 is 26.5. The predicted octanol–water partition coefficient (Wildman–Crippen LogP) is 2.14. The third-order valence-corrected chi connectivity index (χ3v) is 7.37. The summed E-state index contributed by atoms with van der Waals surface area (Å²) in [6.45, 7) is 1.91. The van der Waals surface area contributed by atoms with E-state index in [2.05, 4.69) is 0 Å². The number of nitrogens with zero attached hydrogens (tertiary/aromatic N) is 1. The van der Waals surface area contributed by atoms with E-state index in [1.54, 1.807) is 30.9 Å². The number of thiocarbonyl (C=S) groups is 1. The Morgan fingerprint density at radius 2 is 2.21 bits per heavy atom. The zero-order valence-electron chi connectivity index (χ0n) is 11.1. The van der Waals surface area contributed by atoms with Crippen molar-refractivity contribution in [3.05, 3.63) is 17.0 Å². The number of hydrogen-bond donors (Lipinski definition) is 1. The van der Waals surface area contributed by atoms with Crippen molar-refractivity contribution in [3.8, 4) is 0 Å². The summed E-state index contributed by atoms with van der Waals surface area (Å²) in [5.41, 5.74) is 5.50. The molecule has 108 valence electrons. The van der Waals surface area contributed by atoms with Crippen LogP contribution in [0.1, 0.15) is 18.2 Å². The minimum atomic E-state index is -3.45. The molecule has 1 unspecified atom stereocenters. The van der Waals surface area contributed by atoms with Crippen LogP contribution in [0, 0.1) is 0 Å². The Morgan fingerprint density at radius 3 is 2.68 bits per heavy atom. The predicted molar refractivity (Wildman–Crippen MR) is 87.6 cm³/mol. The molecule has 8 heteroatoms. The first kappa shape index (κ1) is 16.9. The van der Waals surface area contributed by atoms with E-state index in [9.17, 15) is 8.42 Å². The highest BCUT2D eigenvalue weighted by Crippen LogP contribution is 2.26. The third-order valence-electron chi connectivity index (χ3n) is 2.82. The van der Waals surface area contributed by atoms with Crippen molar-refractivity contribution >= 4 is 50.3 Å². The molecule has 0 amide bonds. The molecule has 0 radical (unpaired) electrons. The smallest absolute Gasteiger partial charge is 0.252 e. The molecular formula is C11H18N2O2S4. The first-order chi connectivity index (χ1) is 8.80. The highest BCUT2D eigenvalue weighted by molar-refractivity contribution is 7.98. The Morgan fingerprint density at radius 1 is 1.58 bits per heavy atom. The van der Waals surface area contributed by atoms with Gasteiger partial charge >= 0.3 is 0 Å². The summed E-state index contributed by atoms with van der Waals surface area (Å²) >= 11 is 7.68. The molecule has 1 heterocycles. The maximum Gasteiger partial charge on any atom is 0.252 e. The number of nitrogens with two attached hydrogens (primary N) is 1. The molecular weight excluding hydrogens is 320 g/mol. The van der Waals surface area contributed by atoms with Gasteiger partial charge in [-0.15, -0.1) is 11.3 Å². The Labute approximate surface area is 128 Å². The van der Waals surface area contributed by atoms with Crippen molar-refractivity contribution in [1.82, 2.24) is 4.31 Å². The van der Waals surface area contributed by atoms with Crippen LogP contribution in [0.15, 0.2) is 16.3 Å². The van der Waals surface area contributed by atoms with Gasteiger partial charge in [0.2, 0.25) is 0 Å². The molecule has 2 N–H and O–H groups in total. The van der Waals surface area contributed by atoms with Crippen LogP contribution in [0.4, 0.5) is 0 Å². The van der Waals surface area contributed by atoms with Crippen LogP contribution < -0.4 is 5.73 Å². The fourth-order valence-corrected chi connectivity index (χ4v) is 4.95. The fourth-order valence-electron chi connectivity index (χ4n) is 1.44. The van der Waals surface area contributed by atoms with E-state index >= 15 is 0 Å². The Balaban J connectivity index is 2.92. The van der Waals surface area contributed by atoms with Gasteiger partial charge in [-0.3, -0.25) is 0 Å². The van der Waals surface area contributed by atoms with Crippen molar-refractivity contribution in [1.29, 1.82) is 0 Å². The number of hydrogen-bond acceptors (Lipinski definition) is 5. The summed E-state index contributed by atoms with van der Waals surface area (Å²) in [6.07, 6.45) is 2.83. The molecule has 4 nitrogen and oxygen atoms in total. The second kappa shape index (κ2) is 7.03. The molecule has 0 aliphatic heterocycles. The summed E-state index contributed by atoms with van der Waals surface area (Å²) in [5, 5.41) is 0. The van der Waals surface area contributed by atoms with Gasteiger partial charge < -0.3 is 5.73 Å². The van der Waals surface area contributed by atoms with Crippen molar-refractivity contribution < 1.29 is 8.42 Å². The van der Waals surface area contributed by atoms with Gasteiger partial charge in [-0.25, -0.2) is 8.42 Å². The number of thioether (sulfide) groups is 1. The number of sulfonamides is 1. The molecule has 19 heavy (non-hydrogen) atoms. The Bertz CT molecular complexity index is 539. The third kappa shape index (κ3) is 4.16. The molecule has 1 rings (SSSR count). The highest BCUT2D eigenvalue weighted by Gasteiger charge is 2.26. The quantitative estimate of drug-likeness (QED) is 0.772. The van der Waals surface area contributed by atoms with Crippen LogP contribution in [0.2, 0.25) is 0 Å². The lowest BCUT2D eigenvalue weighted by atomic mass is 10.3. The summed E-state index contributed by atoms with van der Waals surface area (Å²) in [4.78, 5) is 0.850. The first-order valence-electron chi connectivity index (χ1n) is 5.67. The van der Waals surface area contributed by atoms with Gasteiger partial charge in [-0.1, -0.05) is 12.2 Å². The highest BCUT2D eigenvalue weighted by atomic mass is 32.2. The SMILES string of the molecule is CSCCC(C)N(C)S(=O)(=O)c1ccc(C(N)=S)s1. The Hall–Kier alpha value is -0.150. The lowest BCUT2D eigenvalue weighted by molar-refractivity contribution is 0.383. The van der Waals surface area contributed by atoms with Crippen LogP contribution >= 0.6 is 35.3 Å². The van der Waals surface area contributed by atoms with Crippen LogP contribution in [0.3, 0.4) is 0 Å². The molecule has 0 aromatic carbocycles. The minimum absolute atomic E-state index is 0.0344. The molecule has 1 aromatic heterocycles. The van der Waals surface area contributed by atoms with Gasteiger partial charge in [-0.05, 0) is 37.5 Å². The van der Waals surface area contributed by atoms with Gasteiger partial charge in [0, 0.05) is 13.1 Å². The fraction of sp³-hybridized carbons (Fsp3) is 0.545. The molecule has 0 aliphatic rings. The number of thiophene rings is 1. The van der Waals surface area contributed by atoms with Crippen LogP contribution in [0.5, 0.6) is 0 Å². The Kier molecular flexibility index (Phi) is 6.25. The molecule has 1 atom stereocenters. The van der Waals surface area contributed by atoms with E-state index in [0.29, 0.717) is 4.88 Å². The molecule has 0 aliphatic carbocycles. The van der Waals surface area contributed by atoms with E-state index < -0.39 is 10.0 Å². The zero-order valence-corrected chi connectivity index (χ0v) is 14.4. The van der Waals surface area contributed by atoms with Crippen molar-refractivity contribution in [2.24, 2.45) is 5.73 Å². The maximum atomic E-state index is 12.4. The molecule has 0 saturated heterocycles. The second-order valence-corrected chi connectivity index (χ2v) is 8.87. The normalized spacial score (nSPS) is 13.7. The molecule has 0 saturated carbocycles. The second-order valence-electron chi connectivity index (χ2n) is 4.13. The molecule has 1 aromatic rings. The monoisotopic (exact) mass is 338 g/mol. The number of rotatable bonds is 7. The standard InChI is InChI=1S/C11H18N2O2S4/c1-8(6-7-17-3)13(2)19(14,15)10-5-4-9(18-10)11(12)16/h4-5,8H,6-7H2,1-3H3,(H2,12,16). The van der Waals surface area contributed by atoms with E-state index in [4.69, 9.17) is 18.0 Å². The summed E-state index contributed by atoms with van der Waals surface area (Å²) in [7, 11) is -1.84. The van der Waals surface area contributed by atoms with Crippen LogP contribution in [-0.4, -0.2) is 42.8 Å². The van der Waals surface area contributed by atoms with Crippen LogP contribution in [-0.2, 0) is 10.0 Å². The summed E-state index contributed by atoms with van der Waals surface area (Å²) in [6, 6.07) is 3.18. The molecule has 0 fully saturated rings. The van der Waals surface area contributed by atoms with E-state index in [0.717, 1.165) is 23.5 Å². The van der Waals surface area contributed by atoms with Gasteiger partial charge in [0.15, 0.2) is 0 Å². The van der Waals surface area contributed by atoms with Crippen LogP contribution in [0.25, 0.3) is 0 Å². The zero-order chi connectivity index (χ0) is 14.6. The lowest BCUT2D eigenvalue weighted by Crippen LogP contribution is -2.35. The minimum Gasteiger partial charge on any atom is -0.389 e. The maximum absolute atomic E-state index is 12.4. The largest absolute Gasteiger partial charge is 0.389 e. The van der Waals surface area contributed by atoms with Gasteiger partial charge in [0.05, 0.1) is 4.88 Å². The summed E-state index contributed by atoms with van der Waals surface area (Å²) in [5.74, 6) is 0.934. The van der Waals surface area contributed by atoms with Gasteiger partial charge in [0.25, 0.3) is 10.0 Å². The van der Waals surface area contributed by atoms with E-state index in [1.165, 1.54) is 4.31 Å². The average Bonchev–Trinajstić information content (AvgIpc) is 2.85. The average molecular weight is 339 g/mol. The molecule has 0 spiro atoms. The van der Waals surface area contributed by atoms with Crippen molar-refractivity contribution in [3.63, 3.8) is 0 Å². The lowest BCUT2D eigenvalue weighted by Gasteiger charge is -2.23. The van der Waals surface area contributed by atoms with E-state index in [1.807, 2.05) is 13.2 Å². The topological polar surface area (TPSA) is 63.4 Å². The van der Waals surface area contributed by atoms with Crippen molar-refractivity contribution in [2.45, 2.75) is 23.6 Å². The van der Waals surface area contributed by atoms with Gasteiger partial charge in [-0.2, -0.15) is 16.1 Å². The molecule has 0 bridgehead atoms. The van der Waals surface area contributed by atoms with Crippen molar-refractivity contribution in [2.75, 3.05) is 19.1 Å². The van der Waals surface area contributed by atoms with E-state index in [-0.39, 0.29) is 15.2 Å².